The van der Waals surface area contributed by atoms with Crippen LogP contribution >= 0.6 is 12.4 Å². The number of piperazine rings is 1. The Morgan fingerprint density at radius 2 is 1.88 bits per heavy atom. The first kappa shape index (κ1) is 20.9. The second kappa shape index (κ2) is 8.29. The summed E-state index contributed by atoms with van der Waals surface area (Å²) in [6.45, 7) is 7.86. The zero-order valence-electron chi connectivity index (χ0n) is 14.5. The van der Waals surface area contributed by atoms with E-state index in [1.807, 2.05) is 25.7 Å². The molecule has 1 saturated heterocycles. The average Bonchev–Trinajstić information content (AvgIpc) is 2.54. The van der Waals surface area contributed by atoms with E-state index >= 15 is 0 Å². The lowest BCUT2D eigenvalue weighted by Gasteiger charge is -2.34. The van der Waals surface area contributed by atoms with E-state index in [4.69, 9.17) is 0 Å². The molecule has 0 bridgehead atoms. The summed E-state index contributed by atoms with van der Waals surface area (Å²) in [5.41, 5.74) is 0.518. The number of sulfonamides is 1. The highest BCUT2D eigenvalue weighted by Gasteiger charge is 2.26. The van der Waals surface area contributed by atoms with Gasteiger partial charge in [-0.1, -0.05) is 0 Å². The molecule has 6 nitrogen and oxygen atoms in total. The molecule has 2 rings (SSSR count). The number of carbonyl (C=O) groups excluding carboxylic acids is 1. The lowest BCUT2D eigenvalue weighted by atomic mass is 10.1. The van der Waals surface area contributed by atoms with Crippen LogP contribution in [-0.4, -0.2) is 62.3 Å². The van der Waals surface area contributed by atoms with E-state index in [1.54, 1.807) is 19.2 Å². The standard InChI is InChI=1S/C16H25N3O3S.ClH/c1-12(2)18(4)23(21,22)15-7-5-14(6-8-15)16(20)19-10-9-17-11-13(19)3;/h5-8,12-13,17H,9-11H2,1-4H3;1H/t13-;/m0./s1. The SMILES string of the molecule is CC(C)N(C)S(=O)(=O)c1ccc(C(=O)N2CCNC[C@@H]2C)cc1.Cl. The number of carbonyl (C=O) groups is 1. The van der Waals surface area contributed by atoms with Crippen molar-refractivity contribution in [2.75, 3.05) is 26.7 Å². The van der Waals surface area contributed by atoms with Gasteiger partial charge in [0, 0.05) is 44.3 Å². The van der Waals surface area contributed by atoms with Crippen molar-refractivity contribution in [2.24, 2.45) is 0 Å². The van der Waals surface area contributed by atoms with Gasteiger partial charge < -0.3 is 10.2 Å². The number of halogens is 1. The molecule has 1 atom stereocenters. The number of hydrogen-bond acceptors (Lipinski definition) is 4. The molecule has 1 aliphatic heterocycles. The predicted octanol–water partition coefficient (Wildman–Crippen LogP) is 1.57. The highest BCUT2D eigenvalue weighted by Crippen LogP contribution is 2.18. The van der Waals surface area contributed by atoms with Crippen molar-refractivity contribution in [3.63, 3.8) is 0 Å². The third-order valence-electron chi connectivity index (χ3n) is 4.27. The van der Waals surface area contributed by atoms with E-state index in [0.717, 1.165) is 13.1 Å². The number of benzene rings is 1. The van der Waals surface area contributed by atoms with Crippen LogP contribution in [0.1, 0.15) is 31.1 Å². The summed E-state index contributed by atoms with van der Waals surface area (Å²) in [5.74, 6) is -0.0554. The van der Waals surface area contributed by atoms with Gasteiger partial charge in [0.1, 0.15) is 0 Å². The summed E-state index contributed by atoms with van der Waals surface area (Å²) in [7, 11) is -1.96. The molecular formula is C16H26ClN3O3S. The van der Waals surface area contributed by atoms with Gasteiger partial charge in [0.2, 0.25) is 10.0 Å². The minimum Gasteiger partial charge on any atom is -0.333 e. The Morgan fingerprint density at radius 1 is 1.29 bits per heavy atom. The fourth-order valence-electron chi connectivity index (χ4n) is 2.52. The van der Waals surface area contributed by atoms with Crippen LogP contribution in [0.4, 0.5) is 0 Å². The van der Waals surface area contributed by atoms with Crippen molar-refractivity contribution >= 4 is 28.3 Å². The lowest BCUT2D eigenvalue weighted by molar-refractivity contribution is 0.0655. The van der Waals surface area contributed by atoms with Crippen molar-refractivity contribution in [1.29, 1.82) is 0 Å². The second-order valence-electron chi connectivity index (χ2n) is 6.19. The summed E-state index contributed by atoms with van der Waals surface area (Å²) in [6, 6.07) is 6.22. The monoisotopic (exact) mass is 375 g/mol. The third-order valence-corrected chi connectivity index (χ3v) is 6.32. The van der Waals surface area contributed by atoms with Gasteiger partial charge in [0.05, 0.1) is 4.90 Å². The molecule has 0 aromatic heterocycles. The maximum absolute atomic E-state index is 12.6. The Hall–Kier alpha value is -1.15. The maximum Gasteiger partial charge on any atom is 0.254 e. The van der Waals surface area contributed by atoms with Crippen LogP contribution in [0.15, 0.2) is 29.2 Å². The van der Waals surface area contributed by atoms with Gasteiger partial charge in [0.15, 0.2) is 0 Å². The van der Waals surface area contributed by atoms with Crippen molar-refractivity contribution in [3.8, 4) is 0 Å². The van der Waals surface area contributed by atoms with Gasteiger partial charge in [-0.2, -0.15) is 4.31 Å². The molecule has 136 valence electrons. The molecule has 0 aliphatic carbocycles. The molecule has 0 spiro atoms. The number of rotatable bonds is 4. The zero-order chi connectivity index (χ0) is 17.2. The van der Waals surface area contributed by atoms with Gasteiger partial charge in [0.25, 0.3) is 5.91 Å². The number of amides is 1. The Balaban J connectivity index is 0.00000288. The molecule has 1 N–H and O–H groups in total. The molecule has 1 aliphatic rings. The first-order valence-electron chi connectivity index (χ1n) is 7.85. The molecule has 0 radical (unpaired) electrons. The van der Waals surface area contributed by atoms with Crippen LogP contribution in [0.3, 0.4) is 0 Å². The minimum atomic E-state index is -3.52. The van der Waals surface area contributed by atoms with Crippen LogP contribution in [0.5, 0.6) is 0 Å². The van der Waals surface area contributed by atoms with E-state index in [2.05, 4.69) is 5.32 Å². The number of hydrogen-bond donors (Lipinski definition) is 1. The summed E-state index contributed by atoms with van der Waals surface area (Å²) >= 11 is 0. The molecule has 1 fully saturated rings. The fourth-order valence-corrected chi connectivity index (χ4v) is 3.89. The molecule has 1 aromatic carbocycles. The molecule has 0 saturated carbocycles. The van der Waals surface area contributed by atoms with Gasteiger partial charge in [-0.25, -0.2) is 8.42 Å². The Kier molecular flexibility index (Phi) is 7.22. The van der Waals surface area contributed by atoms with Crippen LogP contribution < -0.4 is 5.32 Å². The smallest absolute Gasteiger partial charge is 0.254 e. The largest absolute Gasteiger partial charge is 0.333 e. The first-order valence-corrected chi connectivity index (χ1v) is 9.29. The molecule has 8 heteroatoms. The van der Waals surface area contributed by atoms with Crippen LogP contribution in [0.25, 0.3) is 0 Å². The lowest BCUT2D eigenvalue weighted by Crippen LogP contribution is -2.52. The normalized spacial score (nSPS) is 18.6. The van der Waals surface area contributed by atoms with E-state index in [-0.39, 0.29) is 35.3 Å². The van der Waals surface area contributed by atoms with Gasteiger partial charge in [-0.15, -0.1) is 12.4 Å². The van der Waals surface area contributed by atoms with Crippen molar-refractivity contribution in [3.05, 3.63) is 29.8 Å². The molecular weight excluding hydrogens is 350 g/mol. The van der Waals surface area contributed by atoms with E-state index in [0.29, 0.717) is 12.1 Å². The van der Waals surface area contributed by atoms with Crippen LogP contribution in [0.2, 0.25) is 0 Å². The van der Waals surface area contributed by atoms with Gasteiger partial charge >= 0.3 is 0 Å². The topological polar surface area (TPSA) is 69.7 Å². The Bertz CT molecular complexity index is 662. The fraction of sp³-hybridized carbons (Fsp3) is 0.562. The van der Waals surface area contributed by atoms with Crippen LogP contribution in [0, 0.1) is 0 Å². The van der Waals surface area contributed by atoms with Crippen molar-refractivity contribution in [1.82, 2.24) is 14.5 Å². The zero-order valence-corrected chi connectivity index (χ0v) is 16.2. The van der Waals surface area contributed by atoms with Gasteiger partial charge in [-0.05, 0) is 45.0 Å². The van der Waals surface area contributed by atoms with E-state index < -0.39 is 10.0 Å². The summed E-state index contributed by atoms with van der Waals surface area (Å²) in [6.07, 6.45) is 0. The molecule has 1 aromatic rings. The highest BCUT2D eigenvalue weighted by atomic mass is 35.5. The molecule has 1 amide bonds. The van der Waals surface area contributed by atoms with E-state index in [1.165, 1.54) is 16.4 Å². The minimum absolute atomic E-state index is 0. The molecule has 24 heavy (non-hydrogen) atoms. The molecule has 0 unspecified atom stereocenters. The van der Waals surface area contributed by atoms with Gasteiger partial charge in [-0.3, -0.25) is 4.79 Å². The predicted molar refractivity (Wildman–Crippen MR) is 97.1 cm³/mol. The van der Waals surface area contributed by atoms with Crippen molar-refractivity contribution < 1.29 is 13.2 Å². The average molecular weight is 376 g/mol. The van der Waals surface area contributed by atoms with E-state index in [9.17, 15) is 13.2 Å². The maximum atomic E-state index is 12.6. The van der Waals surface area contributed by atoms with Crippen LogP contribution in [-0.2, 0) is 10.0 Å². The summed E-state index contributed by atoms with van der Waals surface area (Å²) in [4.78, 5) is 14.6. The second-order valence-corrected chi connectivity index (χ2v) is 8.19. The van der Waals surface area contributed by atoms with Crippen molar-refractivity contribution in [2.45, 2.75) is 37.8 Å². The summed E-state index contributed by atoms with van der Waals surface area (Å²) in [5, 5.41) is 3.24. The third kappa shape index (κ3) is 4.27. The number of nitrogens with zero attached hydrogens (tertiary/aromatic N) is 2. The summed E-state index contributed by atoms with van der Waals surface area (Å²) < 4.78 is 26.2. The first-order chi connectivity index (χ1) is 10.7. The Labute approximate surface area is 150 Å². The quantitative estimate of drug-likeness (QED) is 0.867. The number of nitrogens with one attached hydrogen (secondary N) is 1. The molecule has 1 heterocycles. The highest BCUT2D eigenvalue weighted by molar-refractivity contribution is 7.89. The Morgan fingerprint density at radius 3 is 2.38 bits per heavy atom.